The number of benzene rings is 2. The molecule has 0 saturated heterocycles. The van der Waals surface area contributed by atoms with Gasteiger partial charge in [-0.05, 0) is 29.8 Å². The standard InChI is InChI=1S/C14H10ClNO2S/c15-11-5-6-14-13(7-11)16(9-17)12-4-2-1-3-10(12)8-19(14)18/h1-7,9H,8H2/t19-/m0/s1. The van der Waals surface area contributed by atoms with Crippen LogP contribution in [-0.4, -0.2) is 10.6 Å². The topological polar surface area (TPSA) is 37.4 Å². The Bertz CT molecular complexity index is 687. The molecule has 19 heavy (non-hydrogen) atoms. The Morgan fingerprint density at radius 1 is 1.16 bits per heavy atom. The largest absolute Gasteiger partial charge is 0.282 e. The lowest BCUT2D eigenvalue weighted by molar-refractivity contribution is -0.106. The molecule has 0 radical (unpaired) electrons. The van der Waals surface area contributed by atoms with Gasteiger partial charge in [0.2, 0.25) is 6.41 Å². The smallest absolute Gasteiger partial charge is 0.218 e. The minimum atomic E-state index is -1.18. The van der Waals surface area contributed by atoms with Crippen molar-refractivity contribution in [2.24, 2.45) is 0 Å². The molecule has 5 heteroatoms. The summed E-state index contributed by atoms with van der Waals surface area (Å²) in [5.74, 6) is 0.398. The van der Waals surface area contributed by atoms with Gasteiger partial charge >= 0.3 is 0 Å². The average molecular weight is 292 g/mol. The van der Waals surface area contributed by atoms with Gasteiger partial charge in [-0.25, -0.2) is 0 Å². The number of hydrogen-bond donors (Lipinski definition) is 0. The normalized spacial score (nSPS) is 17.3. The lowest BCUT2D eigenvalue weighted by Crippen LogP contribution is -2.15. The number of nitrogens with zero attached hydrogens (tertiary/aromatic N) is 1. The molecular weight excluding hydrogens is 282 g/mol. The van der Waals surface area contributed by atoms with Crippen LogP contribution in [0.5, 0.6) is 0 Å². The average Bonchev–Trinajstić information content (AvgIpc) is 2.52. The van der Waals surface area contributed by atoms with Crippen LogP contribution in [0.15, 0.2) is 47.4 Å². The Balaban J connectivity index is 2.30. The zero-order chi connectivity index (χ0) is 13.4. The summed E-state index contributed by atoms with van der Waals surface area (Å²) in [4.78, 5) is 13.6. The van der Waals surface area contributed by atoms with Gasteiger partial charge in [0.25, 0.3) is 0 Å². The van der Waals surface area contributed by atoms with Crippen LogP contribution in [-0.2, 0) is 21.3 Å². The molecule has 0 fully saturated rings. The molecule has 1 amide bonds. The first-order chi connectivity index (χ1) is 9.20. The fourth-order valence-electron chi connectivity index (χ4n) is 2.20. The lowest BCUT2D eigenvalue weighted by Gasteiger charge is -2.19. The monoisotopic (exact) mass is 291 g/mol. The van der Waals surface area contributed by atoms with Crippen molar-refractivity contribution in [2.75, 3.05) is 4.90 Å². The van der Waals surface area contributed by atoms with Crippen LogP contribution in [0.4, 0.5) is 11.4 Å². The summed E-state index contributed by atoms with van der Waals surface area (Å²) < 4.78 is 12.4. The van der Waals surface area contributed by atoms with Gasteiger partial charge in [0.05, 0.1) is 32.8 Å². The van der Waals surface area contributed by atoms with E-state index >= 15 is 0 Å². The summed E-state index contributed by atoms with van der Waals surface area (Å²) in [5.41, 5.74) is 2.23. The van der Waals surface area contributed by atoms with E-state index in [1.54, 1.807) is 18.2 Å². The van der Waals surface area contributed by atoms with Crippen molar-refractivity contribution in [3.63, 3.8) is 0 Å². The van der Waals surface area contributed by atoms with Crippen LogP contribution in [0.2, 0.25) is 5.02 Å². The highest BCUT2D eigenvalue weighted by atomic mass is 35.5. The van der Waals surface area contributed by atoms with Crippen molar-refractivity contribution in [3.05, 3.63) is 53.1 Å². The van der Waals surface area contributed by atoms with E-state index in [0.29, 0.717) is 21.4 Å². The first-order valence-corrected chi connectivity index (χ1v) is 7.41. The van der Waals surface area contributed by atoms with Gasteiger partial charge in [0, 0.05) is 5.02 Å². The number of halogens is 1. The number of hydrogen-bond acceptors (Lipinski definition) is 2. The third-order valence-corrected chi connectivity index (χ3v) is 4.71. The lowest BCUT2D eigenvalue weighted by atomic mass is 10.1. The van der Waals surface area contributed by atoms with E-state index in [0.717, 1.165) is 17.7 Å². The summed E-state index contributed by atoms with van der Waals surface area (Å²) >= 11 is 5.99. The summed E-state index contributed by atoms with van der Waals surface area (Å²) in [6.07, 6.45) is 0.733. The molecule has 96 valence electrons. The van der Waals surface area contributed by atoms with Crippen LogP contribution in [0.1, 0.15) is 5.56 Å². The van der Waals surface area contributed by atoms with Crippen LogP contribution < -0.4 is 4.90 Å². The molecular formula is C14H10ClNO2S. The highest BCUT2D eigenvalue weighted by Gasteiger charge is 2.24. The van der Waals surface area contributed by atoms with Crippen molar-refractivity contribution < 1.29 is 9.00 Å². The predicted octanol–water partition coefficient (Wildman–Crippen LogP) is 3.26. The Labute approximate surface area is 118 Å². The van der Waals surface area contributed by atoms with E-state index in [-0.39, 0.29) is 0 Å². The second-order valence-electron chi connectivity index (χ2n) is 4.21. The molecule has 0 N–H and O–H groups in total. The second-order valence-corrected chi connectivity index (χ2v) is 6.06. The summed E-state index contributed by atoms with van der Waals surface area (Å²) in [6.45, 7) is 0. The van der Waals surface area contributed by atoms with Crippen LogP contribution >= 0.6 is 11.6 Å². The Morgan fingerprint density at radius 3 is 2.74 bits per heavy atom. The zero-order valence-corrected chi connectivity index (χ0v) is 11.4. The maximum atomic E-state index is 12.4. The Kier molecular flexibility index (Phi) is 3.12. The van der Waals surface area contributed by atoms with Gasteiger partial charge < -0.3 is 0 Å². The molecule has 1 heterocycles. The molecule has 0 unspecified atom stereocenters. The number of rotatable bonds is 1. The summed E-state index contributed by atoms with van der Waals surface area (Å²) in [5, 5.41) is 0.516. The highest BCUT2D eigenvalue weighted by Crippen LogP contribution is 2.38. The molecule has 2 aromatic rings. The minimum absolute atomic E-state index is 0.398. The molecule has 0 spiro atoms. The fourth-order valence-corrected chi connectivity index (χ4v) is 3.66. The van der Waals surface area contributed by atoms with Crippen molar-refractivity contribution >= 4 is 40.2 Å². The maximum Gasteiger partial charge on any atom is 0.218 e. The van der Waals surface area contributed by atoms with Crippen LogP contribution in [0, 0.1) is 0 Å². The first kappa shape index (κ1) is 12.4. The number of carbonyl (C=O) groups excluding carboxylic acids is 1. The minimum Gasteiger partial charge on any atom is -0.282 e. The third kappa shape index (κ3) is 2.07. The molecule has 3 rings (SSSR count). The van der Waals surface area contributed by atoms with Crippen LogP contribution in [0.25, 0.3) is 0 Å². The molecule has 3 nitrogen and oxygen atoms in total. The molecule has 0 bridgehead atoms. The third-order valence-electron chi connectivity index (χ3n) is 3.07. The van der Waals surface area contributed by atoms with Crippen molar-refractivity contribution in [2.45, 2.75) is 10.6 Å². The molecule has 0 saturated carbocycles. The quantitative estimate of drug-likeness (QED) is 0.756. The SMILES string of the molecule is O=CN1c2ccccc2C[S@](=O)c2ccc(Cl)cc21. The molecule has 1 aliphatic heterocycles. The van der Waals surface area contributed by atoms with Crippen molar-refractivity contribution in [3.8, 4) is 0 Å². The van der Waals surface area contributed by atoms with E-state index in [4.69, 9.17) is 11.6 Å². The first-order valence-electron chi connectivity index (χ1n) is 5.71. The predicted molar refractivity (Wildman–Crippen MR) is 76.2 cm³/mol. The van der Waals surface area contributed by atoms with Gasteiger partial charge in [-0.3, -0.25) is 13.9 Å². The van der Waals surface area contributed by atoms with Gasteiger partial charge in [-0.1, -0.05) is 29.8 Å². The van der Waals surface area contributed by atoms with Gasteiger partial charge in [0.15, 0.2) is 0 Å². The Hall–Kier alpha value is -1.65. The number of carbonyl (C=O) groups is 1. The van der Waals surface area contributed by atoms with Gasteiger partial charge in [-0.2, -0.15) is 0 Å². The summed E-state index contributed by atoms with van der Waals surface area (Å²) in [7, 11) is -1.18. The van der Waals surface area contributed by atoms with E-state index in [1.807, 2.05) is 24.3 Å². The zero-order valence-electron chi connectivity index (χ0n) is 9.88. The number of para-hydroxylation sites is 1. The number of anilines is 2. The van der Waals surface area contributed by atoms with E-state index < -0.39 is 10.8 Å². The van der Waals surface area contributed by atoms with Gasteiger partial charge in [-0.15, -0.1) is 0 Å². The number of amides is 1. The van der Waals surface area contributed by atoms with E-state index in [1.165, 1.54) is 4.90 Å². The number of fused-ring (bicyclic) bond motifs is 2. The summed E-state index contributed by atoms with van der Waals surface area (Å²) in [6, 6.07) is 12.5. The maximum absolute atomic E-state index is 12.4. The van der Waals surface area contributed by atoms with Crippen molar-refractivity contribution in [1.82, 2.24) is 0 Å². The fraction of sp³-hybridized carbons (Fsp3) is 0.0714. The van der Waals surface area contributed by atoms with E-state index in [9.17, 15) is 9.00 Å². The molecule has 1 atom stereocenters. The second kappa shape index (κ2) is 4.79. The van der Waals surface area contributed by atoms with Crippen molar-refractivity contribution in [1.29, 1.82) is 0 Å². The highest BCUT2D eigenvalue weighted by molar-refractivity contribution is 7.84. The molecule has 1 aliphatic rings. The van der Waals surface area contributed by atoms with Gasteiger partial charge in [0.1, 0.15) is 0 Å². The molecule has 0 aliphatic carbocycles. The molecule has 2 aromatic carbocycles. The van der Waals surface area contributed by atoms with E-state index in [2.05, 4.69) is 0 Å². The Morgan fingerprint density at radius 2 is 1.95 bits per heavy atom. The molecule has 0 aromatic heterocycles. The van der Waals surface area contributed by atoms with Crippen LogP contribution in [0.3, 0.4) is 0 Å².